The fraction of sp³-hybridized carbons (Fsp3) is 0.211. The molecule has 120 valence electrons. The van der Waals surface area contributed by atoms with Crippen LogP contribution in [0.1, 0.15) is 11.1 Å². The lowest BCUT2D eigenvalue weighted by molar-refractivity contribution is 0.620. The molecule has 1 aromatic carbocycles. The Kier molecular flexibility index (Phi) is 6.51. The number of hydrogen-bond donors (Lipinski definition) is 1. The number of anilines is 1. The van der Waals surface area contributed by atoms with Crippen LogP contribution >= 0.6 is 0 Å². The highest BCUT2D eigenvalue weighted by Gasteiger charge is 2.10. The first-order valence-corrected chi connectivity index (χ1v) is 7.59. The second-order valence-electron chi connectivity index (χ2n) is 5.23. The van der Waals surface area contributed by atoms with Gasteiger partial charge in [-0.25, -0.2) is 4.39 Å². The van der Waals surface area contributed by atoms with Crippen molar-refractivity contribution in [3.8, 4) is 0 Å². The molecule has 0 spiro atoms. The third-order valence-corrected chi connectivity index (χ3v) is 3.43. The average molecular weight is 311 g/mol. The standard InChI is InChI=1S/C19H22FN3/c1-3-10-23(11-4-2)19-12-16(7-8-18(19)20)13-22-15-17-6-5-9-21-14-17/h3-9,12,14,22H,1-2,10-11,13,15H2. The van der Waals surface area contributed by atoms with E-state index < -0.39 is 0 Å². The number of pyridine rings is 1. The van der Waals surface area contributed by atoms with Crippen molar-refractivity contribution in [2.75, 3.05) is 18.0 Å². The monoisotopic (exact) mass is 311 g/mol. The highest BCUT2D eigenvalue weighted by molar-refractivity contribution is 5.51. The van der Waals surface area contributed by atoms with Crippen LogP contribution in [0.2, 0.25) is 0 Å². The summed E-state index contributed by atoms with van der Waals surface area (Å²) >= 11 is 0. The second kappa shape index (κ2) is 8.86. The van der Waals surface area contributed by atoms with E-state index in [1.165, 1.54) is 6.07 Å². The van der Waals surface area contributed by atoms with Crippen LogP contribution in [0, 0.1) is 5.82 Å². The molecular weight excluding hydrogens is 289 g/mol. The quantitative estimate of drug-likeness (QED) is 0.716. The summed E-state index contributed by atoms with van der Waals surface area (Å²) in [6.45, 7) is 10.0. The number of hydrogen-bond acceptors (Lipinski definition) is 3. The molecule has 2 aromatic rings. The van der Waals surface area contributed by atoms with Crippen molar-refractivity contribution in [1.29, 1.82) is 0 Å². The molecule has 0 saturated heterocycles. The lowest BCUT2D eigenvalue weighted by atomic mass is 10.1. The molecule has 1 heterocycles. The van der Waals surface area contributed by atoms with E-state index in [9.17, 15) is 4.39 Å². The third-order valence-electron chi connectivity index (χ3n) is 3.43. The summed E-state index contributed by atoms with van der Waals surface area (Å²) in [6.07, 6.45) is 7.11. The summed E-state index contributed by atoms with van der Waals surface area (Å²) in [5, 5.41) is 3.35. The topological polar surface area (TPSA) is 28.2 Å². The van der Waals surface area contributed by atoms with Gasteiger partial charge in [-0.2, -0.15) is 0 Å². The summed E-state index contributed by atoms with van der Waals surface area (Å²) in [5.41, 5.74) is 2.73. The van der Waals surface area contributed by atoms with Gasteiger partial charge < -0.3 is 10.2 Å². The fourth-order valence-corrected chi connectivity index (χ4v) is 2.35. The predicted octanol–water partition coefficient (Wildman–Crippen LogP) is 3.69. The van der Waals surface area contributed by atoms with Crippen LogP contribution in [0.4, 0.5) is 10.1 Å². The summed E-state index contributed by atoms with van der Waals surface area (Å²) in [5.74, 6) is -0.232. The second-order valence-corrected chi connectivity index (χ2v) is 5.23. The van der Waals surface area contributed by atoms with Crippen molar-refractivity contribution in [3.05, 3.63) is 85.0 Å². The Morgan fingerprint density at radius 1 is 1.09 bits per heavy atom. The molecule has 0 aliphatic heterocycles. The van der Waals surface area contributed by atoms with Crippen LogP contribution in [0.3, 0.4) is 0 Å². The molecule has 0 fully saturated rings. The van der Waals surface area contributed by atoms with E-state index in [1.807, 2.05) is 29.3 Å². The maximum atomic E-state index is 14.1. The minimum absolute atomic E-state index is 0.232. The SMILES string of the molecule is C=CCN(CC=C)c1cc(CNCc2cccnc2)ccc1F. The Balaban J connectivity index is 2.03. The Labute approximate surface area is 137 Å². The zero-order valence-corrected chi connectivity index (χ0v) is 13.2. The molecule has 1 N–H and O–H groups in total. The molecular formula is C19H22FN3. The largest absolute Gasteiger partial charge is 0.362 e. The molecule has 0 saturated carbocycles. The number of aromatic nitrogens is 1. The maximum Gasteiger partial charge on any atom is 0.146 e. The van der Waals surface area contributed by atoms with Gasteiger partial charge in [-0.15, -0.1) is 13.2 Å². The number of halogens is 1. The molecule has 0 atom stereocenters. The van der Waals surface area contributed by atoms with Gasteiger partial charge in [0.1, 0.15) is 5.82 Å². The molecule has 2 rings (SSSR count). The minimum atomic E-state index is -0.232. The zero-order valence-electron chi connectivity index (χ0n) is 13.2. The first kappa shape index (κ1) is 16.9. The van der Waals surface area contributed by atoms with Crippen molar-refractivity contribution in [3.63, 3.8) is 0 Å². The van der Waals surface area contributed by atoms with E-state index in [2.05, 4.69) is 23.5 Å². The van der Waals surface area contributed by atoms with E-state index in [-0.39, 0.29) is 5.82 Å². The van der Waals surface area contributed by atoms with E-state index in [4.69, 9.17) is 0 Å². The third kappa shape index (κ3) is 5.04. The molecule has 0 radical (unpaired) electrons. The maximum absolute atomic E-state index is 14.1. The van der Waals surface area contributed by atoms with Crippen molar-refractivity contribution in [1.82, 2.24) is 10.3 Å². The normalized spacial score (nSPS) is 10.3. The predicted molar refractivity (Wildman–Crippen MR) is 93.8 cm³/mol. The van der Waals surface area contributed by atoms with Gasteiger partial charge in [0.25, 0.3) is 0 Å². The Bertz CT molecular complexity index is 630. The summed E-state index contributed by atoms with van der Waals surface area (Å²) in [7, 11) is 0. The first-order chi connectivity index (χ1) is 11.2. The highest BCUT2D eigenvalue weighted by Crippen LogP contribution is 2.21. The fourth-order valence-electron chi connectivity index (χ4n) is 2.35. The van der Waals surface area contributed by atoms with Crippen LogP contribution in [-0.4, -0.2) is 18.1 Å². The van der Waals surface area contributed by atoms with Crippen molar-refractivity contribution >= 4 is 5.69 Å². The smallest absolute Gasteiger partial charge is 0.146 e. The Hall–Kier alpha value is -2.46. The molecule has 0 aliphatic carbocycles. The van der Waals surface area contributed by atoms with Crippen molar-refractivity contribution in [2.24, 2.45) is 0 Å². The van der Waals surface area contributed by atoms with Gasteiger partial charge in [-0.05, 0) is 29.3 Å². The van der Waals surface area contributed by atoms with Crippen LogP contribution in [0.15, 0.2) is 68.0 Å². The minimum Gasteiger partial charge on any atom is -0.362 e. The molecule has 3 nitrogen and oxygen atoms in total. The van der Waals surface area contributed by atoms with Gasteiger partial charge >= 0.3 is 0 Å². The lowest BCUT2D eigenvalue weighted by Gasteiger charge is -2.23. The van der Waals surface area contributed by atoms with E-state index >= 15 is 0 Å². The molecule has 4 heteroatoms. The van der Waals surface area contributed by atoms with Crippen molar-refractivity contribution < 1.29 is 4.39 Å². The van der Waals surface area contributed by atoms with Crippen LogP contribution in [0.5, 0.6) is 0 Å². The molecule has 0 unspecified atom stereocenters. The summed E-state index contributed by atoms with van der Waals surface area (Å²) in [4.78, 5) is 5.99. The Morgan fingerprint density at radius 3 is 2.48 bits per heavy atom. The van der Waals surface area contributed by atoms with E-state index in [0.29, 0.717) is 25.3 Å². The van der Waals surface area contributed by atoms with E-state index in [0.717, 1.165) is 17.7 Å². The lowest BCUT2D eigenvalue weighted by Crippen LogP contribution is -2.24. The van der Waals surface area contributed by atoms with Gasteiger partial charge in [-0.3, -0.25) is 4.98 Å². The number of rotatable bonds is 9. The molecule has 0 amide bonds. The summed E-state index contributed by atoms with van der Waals surface area (Å²) in [6, 6.07) is 9.12. The van der Waals surface area contributed by atoms with Gasteiger partial charge in [0, 0.05) is 38.6 Å². The van der Waals surface area contributed by atoms with Gasteiger partial charge in [-0.1, -0.05) is 24.3 Å². The average Bonchev–Trinajstić information content (AvgIpc) is 2.57. The highest BCUT2D eigenvalue weighted by atomic mass is 19.1. The zero-order chi connectivity index (χ0) is 16.5. The number of nitrogens with one attached hydrogen (secondary N) is 1. The van der Waals surface area contributed by atoms with Crippen LogP contribution in [0.25, 0.3) is 0 Å². The molecule has 23 heavy (non-hydrogen) atoms. The van der Waals surface area contributed by atoms with E-state index in [1.54, 1.807) is 24.4 Å². The summed E-state index contributed by atoms with van der Waals surface area (Å²) < 4.78 is 14.1. The van der Waals surface area contributed by atoms with Crippen molar-refractivity contribution in [2.45, 2.75) is 13.1 Å². The number of benzene rings is 1. The van der Waals surface area contributed by atoms with Crippen LogP contribution in [-0.2, 0) is 13.1 Å². The molecule has 0 bridgehead atoms. The Morgan fingerprint density at radius 2 is 1.83 bits per heavy atom. The molecule has 0 aliphatic rings. The molecule has 1 aromatic heterocycles. The number of nitrogens with zero attached hydrogens (tertiary/aromatic N) is 2. The van der Waals surface area contributed by atoms with Gasteiger partial charge in [0.15, 0.2) is 0 Å². The van der Waals surface area contributed by atoms with Gasteiger partial charge in [0.2, 0.25) is 0 Å². The first-order valence-electron chi connectivity index (χ1n) is 7.59. The van der Waals surface area contributed by atoms with Crippen LogP contribution < -0.4 is 10.2 Å². The van der Waals surface area contributed by atoms with Gasteiger partial charge in [0.05, 0.1) is 5.69 Å².